The van der Waals surface area contributed by atoms with E-state index in [2.05, 4.69) is 77.7 Å². The Bertz CT molecular complexity index is 1100. The van der Waals surface area contributed by atoms with E-state index in [-0.39, 0.29) is 0 Å². The summed E-state index contributed by atoms with van der Waals surface area (Å²) in [5.74, 6) is 3.38. The lowest BCUT2D eigenvalue weighted by molar-refractivity contribution is 0.171. The van der Waals surface area contributed by atoms with E-state index >= 15 is 0 Å². The van der Waals surface area contributed by atoms with Gasteiger partial charge in [0.1, 0.15) is 13.2 Å². The Labute approximate surface area is 210 Å². The second-order valence-corrected chi connectivity index (χ2v) is 10.6. The van der Waals surface area contributed by atoms with Crippen LogP contribution in [0, 0.1) is 11.8 Å². The van der Waals surface area contributed by atoms with Crippen molar-refractivity contribution in [3.8, 4) is 11.5 Å². The van der Waals surface area contributed by atoms with Crippen LogP contribution in [0.4, 0.5) is 5.69 Å². The summed E-state index contributed by atoms with van der Waals surface area (Å²) in [4.78, 5) is 2.69. The lowest BCUT2D eigenvalue weighted by Crippen LogP contribution is -2.38. The molecule has 2 unspecified atom stereocenters. The first-order chi connectivity index (χ1) is 17.3. The fourth-order valence-electron chi connectivity index (χ4n) is 6.64. The van der Waals surface area contributed by atoms with Crippen LogP contribution in [-0.4, -0.2) is 25.8 Å². The third-order valence-electron chi connectivity index (χ3n) is 8.48. The summed E-state index contributed by atoms with van der Waals surface area (Å²) in [6.45, 7) is 2.38. The molecule has 1 aliphatic heterocycles. The van der Waals surface area contributed by atoms with Crippen LogP contribution in [0.25, 0.3) is 0 Å². The van der Waals surface area contributed by atoms with E-state index in [1.165, 1.54) is 60.9 Å². The zero-order chi connectivity index (χ0) is 23.5. The van der Waals surface area contributed by atoms with E-state index in [1.807, 2.05) is 0 Å². The average molecular weight is 468 g/mol. The number of ether oxygens (including phenoxy) is 2. The van der Waals surface area contributed by atoms with Gasteiger partial charge in [-0.05, 0) is 72.8 Å². The van der Waals surface area contributed by atoms with E-state index in [0.717, 1.165) is 42.7 Å². The van der Waals surface area contributed by atoms with E-state index < -0.39 is 0 Å². The van der Waals surface area contributed by atoms with Gasteiger partial charge in [-0.15, -0.1) is 0 Å². The van der Waals surface area contributed by atoms with Gasteiger partial charge in [0.25, 0.3) is 0 Å². The fourth-order valence-corrected chi connectivity index (χ4v) is 6.64. The zero-order valence-electron chi connectivity index (χ0n) is 20.7. The summed E-state index contributed by atoms with van der Waals surface area (Å²) in [5.41, 5.74) is 5.81. The number of hydrogen-bond acceptors (Lipinski definition) is 3. The van der Waals surface area contributed by atoms with Gasteiger partial charge in [0.15, 0.2) is 11.5 Å². The maximum absolute atomic E-state index is 5.96. The molecule has 3 aromatic carbocycles. The fraction of sp³-hybridized carbons (Fsp3) is 0.438. The zero-order valence-corrected chi connectivity index (χ0v) is 20.7. The number of rotatable bonds is 7. The first-order valence-corrected chi connectivity index (χ1v) is 13.6. The lowest BCUT2D eigenvalue weighted by atomic mass is 9.74. The van der Waals surface area contributed by atoms with Crippen LogP contribution in [0.5, 0.6) is 11.5 Å². The average Bonchev–Trinajstić information content (AvgIpc) is 3.34. The molecule has 1 heterocycles. The van der Waals surface area contributed by atoms with Crippen LogP contribution >= 0.6 is 0 Å². The molecule has 1 saturated carbocycles. The van der Waals surface area contributed by atoms with Crippen LogP contribution in [0.3, 0.4) is 0 Å². The Kier molecular flexibility index (Phi) is 6.66. The maximum atomic E-state index is 5.96. The predicted molar refractivity (Wildman–Crippen MR) is 143 cm³/mol. The molecule has 3 heteroatoms. The summed E-state index contributed by atoms with van der Waals surface area (Å²) in [6, 6.07) is 27.2. The van der Waals surface area contributed by atoms with Gasteiger partial charge in [-0.1, -0.05) is 73.9 Å². The molecule has 182 valence electrons. The van der Waals surface area contributed by atoms with E-state index in [9.17, 15) is 0 Å². The van der Waals surface area contributed by atoms with Crippen molar-refractivity contribution in [2.75, 3.05) is 24.7 Å². The molecule has 2 atom stereocenters. The normalized spacial score (nSPS) is 21.5. The van der Waals surface area contributed by atoms with Crippen LogP contribution in [0.1, 0.15) is 48.8 Å². The Morgan fingerprint density at radius 3 is 2.17 bits per heavy atom. The highest BCUT2D eigenvalue weighted by atomic mass is 16.6. The SMILES string of the molecule is c1ccc(CC2CCCCC2CCN(c2ccc3c(c2)OCCO3)C2Cc3ccccc3C2)cc1. The number of benzene rings is 3. The molecule has 0 radical (unpaired) electrons. The molecule has 1 fully saturated rings. The molecule has 0 spiro atoms. The molecule has 0 saturated heterocycles. The molecule has 3 nitrogen and oxygen atoms in total. The Hall–Kier alpha value is -2.94. The number of fused-ring (bicyclic) bond motifs is 2. The van der Waals surface area contributed by atoms with Gasteiger partial charge < -0.3 is 14.4 Å². The second-order valence-electron chi connectivity index (χ2n) is 10.6. The monoisotopic (exact) mass is 467 g/mol. The van der Waals surface area contributed by atoms with E-state index in [0.29, 0.717) is 19.3 Å². The van der Waals surface area contributed by atoms with Crippen molar-refractivity contribution < 1.29 is 9.47 Å². The van der Waals surface area contributed by atoms with Crippen molar-refractivity contribution in [2.24, 2.45) is 11.8 Å². The van der Waals surface area contributed by atoms with Gasteiger partial charge in [-0.25, -0.2) is 0 Å². The molecule has 6 rings (SSSR count). The third kappa shape index (κ3) is 5.05. The second kappa shape index (κ2) is 10.4. The highest BCUT2D eigenvalue weighted by Gasteiger charge is 2.30. The topological polar surface area (TPSA) is 21.7 Å². The summed E-state index contributed by atoms with van der Waals surface area (Å²) < 4.78 is 11.8. The number of nitrogens with zero attached hydrogens (tertiary/aromatic N) is 1. The smallest absolute Gasteiger partial charge is 0.163 e. The molecular formula is C32H37NO2. The molecule has 35 heavy (non-hydrogen) atoms. The first-order valence-electron chi connectivity index (χ1n) is 13.6. The van der Waals surface area contributed by atoms with Crippen molar-refractivity contribution in [2.45, 2.75) is 57.4 Å². The molecule has 0 bridgehead atoms. The standard InChI is InChI=1S/C32H37NO2/c1-2-8-24(9-3-1)20-26-11-5-4-10-25(26)16-17-33(30-21-27-12-6-7-13-28(27)22-30)29-14-15-31-32(23-29)35-19-18-34-31/h1-3,6-9,12-15,23,25-26,30H,4-5,10-11,16-22H2. The molecule has 3 aliphatic rings. The minimum absolute atomic E-state index is 0.506. The summed E-state index contributed by atoms with van der Waals surface area (Å²) in [7, 11) is 0. The molecule has 0 N–H and O–H groups in total. The van der Waals surface area contributed by atoms with Crippen LogP contribution in [-0.2, 0) is 19.3 Å². The van der Waals surface area contributed by atoms with Gasteiger partial charge in [-0.3, -0.25) is 0 Å². The van der Waals surface area contributed by atoms with Gasteiger partial charge in [0, 0.05) is 24.3 Å². The van der Waals surface area contributed by atoms with Crippen LogP contribution in [0.2, 0.25) is 0 Å². The quantitative estimate of drug-likeness (QED) is 0.378. The summed E-state index contributed by atoms with van der Waals surface area (Å²) in [5, 5.41) is 0. The Morgan fingerprint density at radius 2 is 1.40 bits per heavy atom. The molecule has 0 amide bonds. The van der Waals surface area contributed by atoms with Gasteiger partial charge in [0.2, 0.25) is 0 Å². The number of anilines is 1. The Morgan fingerprint density at radius 1 is 0.714 bits per heavy atom. The van der Waals surface area contributed by atoms with Gasteiger partial charge in [-0.2, -0.15) is 0 Å². The first kappa shape index (κ1) is 22.5. The van der Waals surface area contributed by atoms with E-state index in [1.54, 1.807) is 0 Å². The lowest BCUT2D eigenvalue weighted by Gasteiger charge is -2.37. The van der Waals surface area contributed by atoms with Crippen molar-refractivity contribution in [3.63, 3.8) is 0 Å². The van der Waals surface area contributed by atoms with E-state index in [4.69, 9.17) is 9.47 Å². The minimum Gasteiger partial charge on any atom is -0.486 e. The minimum atomic E-state index is 0.506. The third-order valence-corrected chi connectivity index (χ3v) is 8.48. The number of hydrogen-bond donors (Lipinski definition) is 0. The van der Waals surface area contributed by atoms with Gasteiger partial charge >= 0.3 is 0 Å². The predicted octanol–water partition coefficient (Wildman–Crippen LogP) is 6.87. The summed E-state index contributed by atoms with van der Waals surface area (Å²) >= 11 is 0. The maximum Gasteiger partial charge on any atom is 0.163 e. The van der Waals surface area contributed by atoms with Crippen molar-refractivity contribution in [1.29, 1.82) is 0 Å². The van der Waals surface area contributed by atoms with Gasteiger partial charge in [0.05, 0.1) is 0 Å². The van der Waals surface area contributed by atoms with Crippen LogP contribution < -0.4 is 14.4 Å². The highest BCUT2D eigenvalue weighted by Crippen LogP contribution is 2.39. The Balaban J connectivity index is 1.22. The molecule has 2 aliphatic carbocycles. The van der Waals surface area contributed by atoms with Crippen molar-refractivity contribution in [3.05, 3.63) is 89.5 Å². The van der Waals surface area contributed by atoms with Crippen LogP contribution in [0.15, 0.2) is 72.8 Å². The molecule has 0 aromatic heterocycles. The molecular weight excluding hydrogens is 430 g/mol. The summed E-state index contributed by atoms with van der Waals surface area (Å²) in [6.07, 6.45) is 10.3. The molecule has 3 aromatic rings. The largest absolute Gasteiger partial charge is 0.486 e. The van der Waals surface area contributed by atoms with Crippen molar-refractivity contribution in [1.82, 2.24) is 0 Å². The van der Waals surface area contributed by atoms with Crippen molar-refractivity contribution >= 4 is 5.69 Å². The highest BCUT2D eigenvalue weighted by molar-refractivity contribution is 5.58.